The van der Waals surface area contributed by atoms with Crippen LogP contribution < -0.4 is 5.56 Å². The Kier molecular flexibility index (Phi) is 3.74. The number of H-pyrrole nitrogens is 1. The molecule has 5 heteroatoms. The highest BCUT2D eigenvalue weighted by Gasteiger charge is 2.05. The van der Waals surface area contributed by atoms with Crippen LogP contribution in [0.15, 0.2) is 23.1 Å². The molecule has 0 aliphatic carbocycles. The van der Waals surface area contributed by atoms with Crippen molar-refractivity contribution in [1.29, 1.82) is 0 Å². The number of aromatic nitrogens is 1. The van der Waals surface area contributed by atoms with Crippen molar-refractivity contribution in [2.24, 2.45) is 0 Å². The molecule has 11 heavy (non-hydrogen) atoms. The first-order valence-corrected chi connectivity index (χ1v) is 2.67. The first kappa shape index (κ1) is 10.1. The molecule has 0 aromatic carbocycles. The van der Waals surface area contributed by atoms with Gasteiger partial charge < -0.3 is 4.98 Å². The summed E-state index contributed by atoms with van der Waals surface area (Å²) < 4.78 is 23.6. The van der Waals surface area contributed by atoms with E-state index in [2.05, 4.69) is 4.98 Å². The predicted molar refractivity (Wildman–Crippen MR) is 39.3 cm³/mol. The number of hydrogen-bond acceptors (Lipinski definition) is 1. The van der Waals surface area contributed by atoms with Gasteiger partial charge in [-0.05, 0) is 6.07 Å². The topological polar surface area (TPSA) is 32.9 Å². The first-order chi connectivity index (χ1) is 4.70. The van der Waals surface area contributed by atoms with Crippen LogP contribution in [0.5, 0.6) is 0 Å². The second kappa shape index (κ2) is 4.08. The third kappa shape index (κ3) is 2.67. The predicted octanol–water partition coefficient (Wildman–Crippen LogP) is 1.73. The molecule has 1 aromatic heterocycles. The van der Waals surface area contributed by atoms with Crippen molar-refractivity contribution in [2.45, 2.75) is 6.43 Å². The highest BCUT2D eigenvalue weighted by atomic mass is 35.5. The van der Waals surface area contributed by atoms with Crippen LogP contribution in [0.1, 0.15) is 12.0 Å². The molecular formula is C6H6ClF2NO. The van der Waals surface area contributed by atoms with E-state index >= 15 is 0 Å². The summed E-state index contributed by atoms with van der Waals surface area (Å²) in [6.45, 7) is 0. The summed E-state index contributed by atoms with van der Waals surface area (Å²) in [6.07, 6.45) is -1.37. The SMILES string of the molecule is Cl.O=c1cc(C(F)F)cc[nH]1. The lowest BCUT2D eigenvalue weighted by Crippen LogP contribution is -2.03. The third-order valence-electron chi connectivity index (χ3n) is 1.05. The van der Waals surface area contributed by atoms with Crippen molar-refractivity contribution in [2.75, 3.05) is 0 Å². The molecule has 1 aromatic rings. The second-order valence-corrected chi connectivity index (χ2v) is 1.79. The fraction of sp³-hybridized carbons (Fsp3) is 0.167. The van der Waals surface area contributed by atoms with E-state index in [1.54, 1.807) is 0 Å². The minimum Gasteiger partial charge on any atom is -0.329 e. The highest BCUT2D eigenvalue weighted by molar-refractivity contribution is 5.85. The Morgan fingerprint density at radius 2 is 2.09 bits per heavy atom. The normalized spacial score (nSPS) is 9.36. The van der Waals surface area contributed by atoms with Crippen molar-refractivity contribution >= 4 is 12.4 Å². The van der Waals surface area contributed by atoms with Crippen molar-refractivity contribution in [3.63, 3.8) is 0 Å². The summed E-state index contributed by atoms with van der Waals surface area (Å²) in [5.41, 5.74) is -0.749. The second-order valence-electron chi connectivity index (χ2n) is 1.79. The van der Waals surface area contributed by atoms with E-state index in [1.807, 2.05) is 0 Å². The quantitative estimate of drug-likeness (QED) is 0.703. The maximum Gasteiger partial charge on any atom is 0.264 e. The molecule has 2 nitrogen and oxygen atoms in total. The van der Waals surface area contributed by atoms with E-state index in [1.165, 1.54) is 12.3 Å². The lowest BCUT2D eigenvalue weighted by Gasteiger charge is -1.94. The molecule has 0 bridgehead atoms. The molecule has 1 N–H and O–H groups in total. The number of halogens is 3. The van der Waals surface area contributed by atoms with Crippen LogP contribution in [0, 0.1) is 0 Å². The van der Waals surface area contributed by atoms with Gasteiger partial charge in [0.2, 0.25) is 5.56 Å². The van der Waals surface area contributed by atoms with Crippen LogP contribution >= 0.6 is 12.4 Å². The third-order valence-corrected chi connectivity index (χ3v) is 1.05. The monoisotopic (exact) mass is 181 g/mol. The molecule has 0 aliphatic heterocycles. The number of aromatic amines is 1. The molecule has 0 aliphatic rings. The van der Waals surface area contributed by atoms with E-state index < -0.39 is 12.0 Å². The van der Waals surface area contributed by atoms with Crippen molar-refractivity contribution in [3.05, 3.63) is 34.2 Å². The lowest BCUT2D eigenvalue weighted by molar-refractivity contribution is 0.151. The minimum absolute atomic E-state index is 0. The Hall–Kier alpha value is -0.900. The number of pyridine rings is 1. The summed E-state index contributed by atoms with van der Waals surface area (Å²) in [6, 6.07) is 2.05. The number of nitrogens with one attached hydrogen (secondary N) is 1. The molecule has 0 spiro atoms. The van der Waals surface area contributed by atoms with Crippen molar-refractivity contribution in [3.8, 4) is 0 Å². The van der Waals surface area contributed by atoms with Crippen LogP contribution in [-0.4, -0.2) is 4.98 Å². The smallest absolute Gasteiger partial charge is 0.264 e. The Balaban J connectivity index is 0.000001000. The fourth-order valence-electron chi connectivity index (χ4n) is 0.597. The van der Waals surface area contributed by atoms with Crippen molar-refractivity contribution in [1.82, 2.24) is 4.98 Å². The van der Waals surface area contributed by atoms with Crippen LogP contribution in [0.25, 0.3) is 0 Å². The standard InChI is InChI=1S/C6H5F2NO.ClH/c7-6(8)4-1-2-9-5(10)3-4;/h1-3,6H,(H,9,10);1H. The largest absolute Gasteiger partial charge is 0.329 e. The van der Waals surface area contributed by atoms with Gasteiger partial charge in [0.1, 0.15) is 0 Å². The molecule has 0 radical (unpaired) electrons. The molecule has 0 atom stereocenters. The average molecular weight is 182 g/mol. The molecule has 0 saturated carbocycles. The van der Waals surface area contributed by atoms with Gasteiger partial charge in [-0.2, -0.15) is 0 Å². The first-order valence-electron chi connectivity index (χ1n) is 2.67. The zero-order valence-electron chi connectivity index (χ0n) is 5.38. The zero-order chi connectivity index (χ0) is 7.56. The van der Waals surface area contributed by atoms with Crippen LogP contribution in [0.2, 0.25) is 0 Å². The van der Waals surface area contributed by atoms with Gasteiger partial charge in [0.05, 0.1) is 0 Å². The number of alkyl halides is 2. The molecule has 1 rings (SSSR count). The Labute approximate surface area is 67.7 Å². The molecule has 1 heterocycles. The summed E-state index contributed by atoms with van der Waals surface area (Å²) in [4.78, 5) is 12.6. The molecule has 0 amide bonds. The molecule has 0 saturated heterocycles. The lowest BCUT2D eigenvalue weighted by atomic mass is 10.3. The van der Waals surface area contributed by atoms with Gasteiger partial charge in [-0.1, -0.05) is 0 Å². The van der Waals surface area contributed by atoms with Gasteiger partial charge in [0.25, 0.3) is 6.43 Å². The van der Waals surface area contributed by atoms with Crippen LogP contribution in [0.4, 0.5) is 8.78 Å². The zero-order valence-corrected chi connectivity index (χ0v) is 6.20. The van der Waals surface area contributed by atoms with Gasteiger partial charge in [-0.25, -0.2) is 8.78 Å². The molecular weight excluding hydrogens is 176 g/mol. The maximum atomic E-state index is 11.8. The summed E-state index contributed by atoms with van der Waals surface area (Å²) in [5, 5.41) is 0. The van der Waals surface area contributed by atoms with Gasteiger partial charge in [0, 0.05) is 17.8 Å². The van der Waals surface area contributed by atoms with Gasteiger partial charge in [-0.15, -0.1) is 12.4 Å². The summed E-state index contributed by atoms with van der Waals surface area (Å²) in [5.74, 6) is 0. The van der Waals surface area contributed by atoms with Crippen molar-refractivity contribution < 1.29 is 8.78 Å². The highest BCUT2D eigenvalue weighted by Crippen LogP contribution is 2.14. The number of hydrogen-bond donors (Lipinski definition) is 1. The van der Waals surface area contributed by atoms with Gasteiger partial charge in [-0.3, -0.25) is 4.79 Å². The van der Waals surface area contributed by atoms with Gasteiger partial charge in [0.15, 0.2) is 0 Å². The van der Waals surface area contributed by atoms with Gasteiger partial charge >= 0.3 is 0 Å². The molecule has 62 valence electrons. The van der Waals surface area contributed by atoms with E-state index in [-0.39, 0.29) is 18.0 Å². The Bertz CT molecular complexity index is 273. The molecule has 0 unspecified atom stereocenters. The Morgan fingerprint density at radius 3 is 2.45 bits per heavy atom. The number of rotatable bonds is 1. The minimum atomic E-state index is -2.57. The van der Waals surface area contributed by atoms with E-state index in [0.29, 0.717) is 0 Å². The van der Waals surface area contributed by atoms with Crippen LogP contribution in [-0.2, 0) is 0 Å². The Morgan fingerprint density at radius 1 is 1.45 bits per heavy atom. The maximum absolute atomic E-state index is 11.8. The summed E-state index contributed by atoms with van der Waals surface area (Å²) >= 11 is 0. The van der Waals surface area contributed by atoms with E-state index in [0.717, 1.165) is 6.07 Å². The van der Waals surface area contributed by atoms with Crippen LogP contribution in [0.3, 0.4) is 0 Å². The van der Waals surface area contributed by atoms with E-state index in [9.17, 15) is 13.6 Å². The van der Waals surface area contributed by atoms with E-state index in [4.69, 9.17) is 0 Å². The molecule has 0 fully saturated rings. The summed E-state index contributed by atoms with van der Waals surface area (Å²) in [7, 11) is 0. The fourth-order valence-corrected chi connectivity index (χ4v) is 0.597. The average Bonchev–Trinajstić information content (AvgIpc) is 1.88.